The molecule has 0 aromatic rings. The van der Waals surface area contributed by atoms with E-state index < -0.39 is 5.97 Å². The standard InChI is InChI=1S/C17H32N2O2/c1-2-5-15-6-3-7-16(9-8-15)19-11-4-10-18(12-13-19)14-17(20)21/h15-16H,2-14H2,1H3,(H,20,21). The molecule has 1 heterocycles. The summed E-state index contributed by atoms with van der Waals surface area (Å²) in [6, 6.07) is 0.747. The van der Waals surface area contributed by atoms with E-state index in [0.29, 0.717) is 0 Å². The van der Waals surface area contributed by atoms with Crippen LogP contribution in [0.5, 0.6) is 0 Å². The summed E-state index contributed by atoms with van der Waals surface area (Å²) in [5.41, 5.74) is 0. The van der Waals surface area contributed by atoms with E-state index >= 15 is 0 Å². The van der Waals surface area contributed by atoms with Crippen molar-refractivity contribution in [2.24, 2.45) is 5.92 Å². The maximum absolute atomic E-state index is 10.9. The van der Waals surface area contributed by atoms with E-state index in [0.717, 1.165) is 44.6 Å². The summed E-state index contributed by atoms with van der Waals surface area (Å²) >= 11 is 0. The second kappa shape index (κ2) is 8.74. The molecule has 4 nitrogen and oxygen atoms in total. The Morgan fingerprint density at radius 1 is 1.05 bits per heavy atom. The van der Waals surface area contributed by atoms with Gasteiger partial charge in [0.2, 0.25) is 0 Å². The molecule has 2 aliphatic rings. The molecule has 1 N–H and O–H groups in total. The fourth-order valence-corrected chi connectivity index (χ4v) is 4.13. The highest BCUT2D eigenvalue weighted by atomic mass is 16.4. The van der Waals surface area contributed by atoms with Gasteiger partial charge >= 0.3 is 5.97 Å². The molecule has 1 aliphatic heterocycles. The molecule has 0 spiro atoms. The van der Waals surface area contributed by atoms with Gasteiger partial charge in [-0.3, -0.25) is 14.6 Å². The van der Waals surface area contributed by atoms with Crippen molar-refractivity contribution in [1.82, 2.24) is 9.80 Å². The van der Waals surface area contributed by atoms with Crippen LogP contribution in [0, 0.1) is 5.92 Å². The first-order valence-electron chi connectivity index (χ1n) is 8.87. The molecule has 21 heavy (non-hydrogen) atoms. The lowest BCUT2D eigenvalue weighted by Gasteiger charge is -2.30. The molecule has 0 amide bonds. The van der Waals surface area contributed by atoms with E-state index in [1.165, 1.54) is 44.9 Å². The number of carboxylic acid groups (broad SMARTS) is 1. The Morgan fingerprint density at radius 2 is 1.90 bits per heavy atom. The molecule has 0 aromatic carbocycles. The van der Waals surface area contributed by atoms with E-state index in [1.54, 1.807) is 0 Å². The Labute approximate surface area is 129 Å². The molecule has 0 aromatic heterocycles. The van der Waals surface area contributed by atoms with Gasteiger partial charge in [-0.05, 0) is 38.1 Å². The average molecular weight is 296 g/mol. The minimum Gasteiger partial charge on any atom is -0.480 e. The van der Waals surface area contributed by atoms with Gasteiger partial charge < -0.3 is 5.11 Å². The van der Waals surface area contributed by atoms with Gasteiger partial charge in [0.25, 0.3) is 0 Å². The summed E-state index contributed by atoms with van der Waals surface area (Å²) in [5, 5.41) is 8.93. The number of aliphatic carboxylic acids is 1. The summed E-state index contributed by atoms with van der Waals surface area (Å²) < 4.78 is 0. The lowest BCUT2D eigenvalue weighted by Crippen LogP contribution is -2.39. The molecule has 2 unspecified atom stereocenters. The first-order valence-corrected chi connectivity index (χ1v) is 8.87. The maximum Gasteiger partial charge on any atom is 0.317 e. The first-order chi connectivity index (χ1) is 10.2. The second-order valence-corrected chi connectivity index (χ2v) is 6.88. The maximum atomic E-state index is 10.9. The Morgan fingerprint density at radius 3 is 2.67 bits per heavy atom. The second-order valence-electron chi connectivity index (χ2n) is 6.88. The summed E-state index contributed by atoms with van der Waals surface area (Å²) in [7, 11) is 0. The van der Waals surface area contributed by atoms with Gasteiger partial charge in [0, 0.05) is 25.7 Å². The summed E-state index contributed by atoms with van der Waals surface area (Å²) in [4.78, 5) is 15.6. The highest BCUT2D eigenvalue weighted by Gasteiger charge is 2.25. The normalized spacial score (nSPS) is 29.8. The minimum absolute atomic E-state index is 0.205. The number of nitrogens with zero attached hydrogens (tertiary/aromatic N) is 2. The van der Waals surface area contributed by atoms with Crippen LogP contribution in [0.4, 0.5) is 0 Å². The van der Waals surface area contributed by atoms with E-state index in [1.807, 2.05) is 0 Å². The van der Waals surface area contributed by atoms with Crippen molar-refractivity contribution < 1.29 is 9.90 Å². The summed E-state index contributed by atoms with van der Waals surface area (Å²) in [6.07, 6.45) is 10.7. The highest BCUT2D eigenvalue weighted by molar-refractivity contribution is 5.69. The lowest BCUT2D eigenvalue weighted by atomic mass is 9.95. The average Bonchev–Trinajstić information content (AvgIpc) is 2.79. The largest absolute Gasteiger partial charge is 0.480 e. The molecule has 1 saturated carbocycles. The van der Waals surface area contributed by atoms with Crippen molar-refractivity contribution in [2.45, 2.75) is 64.3 Å². The van der Waals surface area contributed by atoms with Crippen LogP contribution in [0.15, 0.2) is 0 Å². The molecule has 2 atom stereocenters. The fraction of sp³-hybridized carbons (Fsp3) is 0.941. The third kappa shape index (κ3) is 5.59. The molecule has 4 heteroatoms. The molecule has 2 fully saturated rings. The fourth-order valence-electron chi connectivity index (χ4n) is 4.13. The van der Waals surface area contributed by atoms with Crippen molar-refractivity contribution in [3.8, 4) is 0 Å². The molecule has 0 radical (unpaired) electrons. The smallest absolute Gasteiger partial charge is 0.317 e. The monoisotopic (exact) mass is 296 g/mol. The Hall–Kier alpha value is -0.610. The zero-order chi connectivity index (χ0) is 15.1. The molecular weight excluding hydrogens is 264 g/mol. The lowest BCUT2D eigenvalue weighted by molar-refractivity contribution is -0.138. The van der Waals surface area contributed by atoms with Crippen molar-refractivity contribution in [2.75, 3.05) is 32.7 Å². The van der Waals surface area contributed by atoms with Gasteiger partial charge in [-0.15, -0.1) is 0 Å². The predicted octanol–water partition coefficient (Wildman–Crippen LogP) is 2.83. The Kier molecular flexibility index (Phi) is 6.97. The summed E-state index contributed by atoms with van der Waals surface area (Å²) in [6.45, 7) is 6.57. The highest BCUT2D eigenvalue weighted by Crippen LogP contribution is 2.29. The van der Waals surface area contributed by atoms with E-state index in [4.69, 9.17) is 5.11 Å². The molecular formula is C17H32N2O2. The van der Waals surface area contributed by atoms with Crippen LogP contribution in [-0.4, -0.2) is 59.6 Å². The third-order valence-electron chi connectivity index (χ3n) is 5.25. The first kappa shape index (κ1) is 16.8. The van der Waals surface area contributed by atoms with Gasteiger partial charge in [0.15, 0.2) is 0 Å². The Bertz CT molecular complexity index is 322. The van der Waals surface area contributed by atoms with Crippen LogP contribution in [-0.2, 0) is 4.79 Å². The zero-order valence-electron chi connectivity index (χ0n) is 13.6. The van der Waals surface area contributed by atoms with Crippen LogP contribution >= 0.6 is 0 Å². The van der Waals surface area contributed by atoms with Crippen LogP contribution in [0.1, 0.15) is 58.3 Å². The van der Waals surface area contributed by atoms with Gasteiger partial charge in [0.05, 0.1) is 6.54 Å². The van der Waals surface area contributed by atoms with Crippen LogP contribution < -0.4 is 0 Å². The molecule has 1 aliphatic carbocycles. The van der Waals surface area contributed by atoms with Crippen LogP contribution in [0.25, 0.3) is 0 Å². The van der Waals surface area contributed by atoms with Gasteiger partial charge in [-0.25, -0.2) is 0 Å². The number of carbonyl (C=O) groups is 1. The quantitative estimate of drug-likeness (QED) is 0.792. The van der Waals surface area contributed by atoms with E-state index in [-0.39, 0.29) is 6.54 Å². The van der Waals surface area contributed by atoms with Gasteiger partial charge in [0.1, 0.15) is 0 Å². The van der Waals surface area contributed by atoms with Crippen molar-refractivity contribution >= 4 is 5.97 Å². The topological polar surface area (TPSA) is 43.8 Å². The summed E-state index contributed by atoms with van der Waals surface area (Å²) in [5.74, 6) is 0.260. The predicted molar refractivity (Wildman–Crippen MR) is 85.5 cm³/mol. The molecule has 0 bridgehead atoms. The van der Waals surface area contributed by atoms with Crippen molar-refractivity contribution in [3.05, 3.63) is 0 Å². The third-order valence-corrected chi connectivity index (χ3v) is 5.25. The van der Waals surface area contributed by atoms with Gasteiger partial charge in [-0.1, -0.05) is 32.6 Å². The number of hydrogen-bond donors (Lipinski definition) is 1. The van der Waals surface area contributed by atoms with Crippen LogP contribution in [0.2, 0.25) is 0 Å². The number of hydrogen-bond acceptors (Lipinski definition) is 3. The van der Waals surface area contributed by atoms with E-state index in [2.05, 4.69) is 16.7 Å². The van der Waals surface area contributed by atoms with Crippen LogP contribution in [0.3, 0.4) is 0 Å². The number of rotatable bonds is 5. The minimum atomic E-state index is -0.694. The molecule has 1 saturated heterocycles. The molecule has 122 valence electrons. The Balaban J connectivity index is 1.80. The van der Waals surface area contributed by atoms with Gasteiger partial charge in [-0.2, -0.15) is 0 Å². The van der Waals surface area contributed by atoms with E-state index in [9.17, 15) is 4.79 Å². The zero-order valence-corrected chi connectivity index (χ0v) is 13.6. The number of carboxylic acids is 1. The molecule has 2 rings (SSSR count). The van der Waals surface area contributed by atoms with Crippen molar-refractivity contribution in [3.63, 3.8) is 0 Å². The SMILES string of the molecule is CCCC1CCCC(N2CCCN(CC(=O)O)CC2)CC1. The van der Waals surface area contributed by atoms with Crippen molar-refractivity contribution in [1.29, 1.82) is 0 Å².